The number of carbonyl (C=O) groups excluding carboxylic acids is 1. The topological polar surface area (TPSA) is 95.2 Å². The minimum absolute atomic E-state index is 0.169. The van der Waals surface area contributed by atoms with Gasteiger partial charge >= 0.3 is 0 Å². The van der Waals surface area contributed by atoms with Crippen LogP contribution < -0.4 is 5.32 Å². The normalized spacial score (nSPS) is 12.3. The summed E-state index contributed by atoms with van der Waals surface area (Å²) in [7, 11) is -2.05. The maximum atomic E-state index is 12.7. The molecule has 2 aromatic carbocycles. The fraction of sp³-hybridized carbons (Fsp3) is 0.300. The Morgan fingerprint density at radius 1 is 1.17 bits per heavy atom. The van der Waals surface area contributed by atoms with E-state index < -0.39 is 22.3 Å². The van der Waals surface area contributed by atoms with E-state index in [2.05, 4.69) is 15.3 Å². The molecule has 0 saturated carbocycles. The van der Waals surface area contributed by atoms with Gasteiger partial charge in [0.15, 0.2) is 5.82 Å². The second-order valence-electron chi connectivity index (χ2n) is 7.10. The summed E-state index contributed by atoms with van der Waals surface area (Å²) in [5.41, 5.74) is 1.72. The molecule has 160 valence electrons. The largest absolute Gasteiger partial charge is 0.348 e. The number of halogens is 2. The van der Waals surface area contributed by atoms with Gasteiger partial charge in [-0.25, -0.2) is 22.2 Å². The van der Waals surface area contributed by atoms with Crippen LogP contribution in [0, 0.1) is 0 Å². The lowest BCUT2D eigenvalue weighted by Crippen LogP contribution is -2.33. The van der Waals surface area contributed by atoms with Gasteiger partial charge in [-0.15, -0.1) is 0 Å². The first-order valence-electron chi connectivity index (χ1n) is 9.22. The number of benzene rings is 2. The number of hydrogen-bond donors (Lipinski definition) is 2. The van der Waals surface area contributed by atoms with E-state index in [-0.39, 0.29) is 23.4 Å². The Balaban J connectivity index is 1.68. The Morgan fingerprint density at radius 3 is 2.43 bits per heavy atom. The van der Waals surface area contributed by atoms with E-state index in [4.69, 9.17) is 0 Å². The summed E-state index contributed by atoms with van der Waals surface area (Å²) in [6, 6.07) is 10.6. The number of amides is 1. The highest BCUT2D eigenvalue weighted by atomic mass is 32.2. The Kier molecular flexibility index (Phi) is 6.18. The molecule has 0 fully saturated rings. The summed E-state index contributed by atoms with van der Waals surface area (Å²) >= 11 is 0. The van der Waals surface area contributed by atoms with Crippen molar-refractivity contribution in [1.29, 1.82) is 0 Å². The molecule has 1 aromatic heterocycles. The third-order valence-electron chi connectivity index (χ3n) is 4.75. The summed E-state index contributed by atoms with van der Waals surface area (Å²) < 4.78 is 51.8. The van der Waals surface area contributed by atoms with Crippen LogP contribution in [-0.2, 0) is 16.6 Å². The van der Waals surface area contributed by atoms with Crippen molar-refractivity contribution in [3.63, 3.8) is 0 Å². The minimum atomic E-state index is -3.57. The van der Waals surface area contributed by atoms with Gasteiger partial charge in [-0.05, 0) is 49.7 Å². The van der Waals surface area contributed by atoms with Crippen LogP contribution in [-0.4, -0.2) is 41.7 Å². The molecule has 0 radical (unpaired) electrons. The van der Waals surface area contributed by atoms with Gasteiger partial charge in [0.05, 0.1) is 15.9 Å². The van der Waals surface area contributed by atoms with E-state index in [1.54, 1.807) is 26.0 Å². The molecule has 0 unspecified atom stereocenters. The predicted octanol–water partition coefficient (Wildman–Crippen LogP) is 3.46. The third-order valence-corrected chi connectivity index (χ3v) is 6.80. The van der Waals surface area contributed by atoms with Gasteiger partial charge in [-0.2, -0.15) is 4.31 Å². The monoisotopic (exact) mass is 436 g/mol. The summed E-state index contributed by atoms with van der Waals surface area (Å²) in [5.74, 6) is -0.831. The molecule has 0 spiro atoms. The second kappa shape index (κ2) is 8.49. The molecule has 1 amide bonds. The summed E-state index contributed by atoms with van der Waals surface area (Å²) in [4.78, 5) is 18.8. The number of aromatic amines is 1. The van der Waals surface area contributed by atoms with E-state index in [1.807, 2.05) is 0 Å². The van der Waals surface area contributed by atoms with Crippen molar-refractivity contribution in [1.82, 2.24) is 19.6 Å². The zero-order valence-corrected chi connectivity index (χ0v) is 17.5. The van der Waals surface area contributed by atoms with Gasteiger partial charge in [0.2, 0.25) is 10.0 Å². The van der Waals surface area contributed by atoms with Crippen molar-refractivity contribution < 1.29 is 22.0 Å². The SMILES string of the molecule is CC(C)N(C)S(=O)(=O)c1ccc(CNC(=O)c2ccc3nc(C(F)F)[nH]c3c2)cc1. The van der Waals surface area contributed by atoms with Gasteiger partial charge in [0.25, 0.3) is 12.3 Å². The van der Waals surface area contributed by atoms with E-state index in [1.165, 1.54) is 41.7 Å². The van der Waals surface area contributed by atoms with Crippen LogP contribution in [0.1, 0.15) is 42.0 Å². The molecule has 0 bridgehead atoms. The van der Waals surface area contributed by atoms with Crippen LogP contribution in [0.5, 0.6) is 0 Å². The number of nitrogens with zero attached hydrogens (tertiary/aromatic N) is 2. The van der Waals surface area contributed by atoms with Gasteiger partial charge < -0.3 is 10.3 Å². The molecule has 2 N–H and O–H groups in total. The smallest absolute Gasteiger partial charge is 0.295 e. The van der Waals surface area contributed by atoms with Crippen LogP contribution in [0.25, 0.3) is 11.0 Å². The van der Waals surface area contributed by atoms with Crippen LogP contribution in [0.2, 0.25) is 0 Å². The second-order valence-corrected chi connectivity index (χ2v) is 9.09. The van der Waals surface area contributed by atoms with Crippen molar-refractivity contribution >= 4 is 27.0 Å². The maximum Gasteiger partial charge on any atom is 0.295 e. The van der Waals surface area contributed by atoms with Gasteiger partial charge in [-0.3, -0.25) is 4.79 Å². The lowest BCUT2D eigenvalue weighted by molar-refractivity contribution is 0.0951. The van der Waals surface area contributed by atoms with E-state index in [0.29, 0.717) is 16.6 Å². The number of alkyl halides is 2. The Hall–Kier alpha value is -2.85. The Bertz CT molecular complexity index is 1160. The van der Waals surface area contributed by atoms with Crippen molar-refractivity contribution in [2.24, 2.45) is 0 Å². The van der Waals surface area contributed by atoms with Gasteiger partial charge in [-0.1, -0.05) is 12.1 Å². The highest BCUT2D eigenvalue weighted by molar-refractivity contribution is 7.89. The molecule has 1 heterocycles. The first-order chi connectivity index (χ1) is 14.1. The number of rotatable bonds is 7. The van der Waals surface area contributed by atoms with Crippen LogP contribution >= 0.6 is 0 Å². The first-order valence-corrected chi connectivity index (χ1v) is 10.7. The molecule has 0 aliphatic carbocycles. The third kappa shape index (κ3) is 4.49. The molecule has 0 atom stereocenters. The molecule has 30 heavy (non-hydrogen) atoms. The van der Waals surface area contributed by atoms with Crippen LogP contribution in [0.4, 0.5) is 8.78 Å². The number of H-pyrrole nitrogens is 1. The minimum Gasteiger partial charge on any atom is -0.348 e. The summed E-state index contributed by atoms with van der Waals surface area (Å²) in [6.45, 7) is 3.76. The van der Waals surface area contributed by atoms with Crippen molar-refractivity contribution in [2.45, 2.75) is 37.8 Å². The molecule has 0 aliphatic rings. The average Bonchev–Trinajstić information content (AvgIpc) is 3.15. The number of sulfonamides is 1. The number of imidazole rings is 1. The van der Waals surface area contributed by atoms with Crippen LogP contribution in [0.3, 0.4) is 0 Å². The quantitative estimate of drug-likeness (QED) is 0.593. The standard InChI is InChI=1S/C20H22F2N4O3S/c1-12(2)26(3)30(28,29)15-7-4-13(5-8-15)11-23-20(27)14-6-9-16-17(10-14)25-19(24-16)18(21)22/h4-10,12,18H,11H2,1-3H3,(H,23,27)(H,24,25). The number of hydrogen-bond acceptors (Lipinski definition) is 4. The highest BCUT2D eigenvalue weighted by Gasteiger charge is 2.22. The fourth-order valence-electron chi connectivity index (χ4n) is 2.78. The van der Waals surface area contributed by atoms with E-state index in [0.717, 1.165) is 5.56 Å². The zero-order chi connectivity index (χ0) is 22.1. The maximum absolute atomic E-state index is 12.7. The molecule has 0 saturated heterocycles. The zero-order valence-electron chi connectivity index (χ0n) is 16.7. The highest BCUT2D eigenvalue weighted by Crippen LogP contribution is 2.21. The van der Waals surface area contributed by atoms with Gasteiger partial charge in [0, 0.05) is 25.2 Å². The molecule has 3 rings (SSSR count). The predicted molar refractivity (Wildman–Crippen MR) is 109 cm³/mol. The lowest BCUT2D eigenvalue weighted by atomic mass is 10.1. The first kappa shape index (κ1) is 21.8. The molecular formula is C20H22F2N4O3S. The molecule has 0 aliphatic heterocycles. The summed E-state index contributed by atoms with van der Waals surface area (Å²) in [6.07, 6.45) is -2.72. The number of nitrogens with one attached hydrogen (secondary N) is 2. The van der Waals surface area contributed by atoms with Crippen molar-refractivity contribution in [2.75, 3.05) is 7.05 Å². The Morgan fingerprint density at radius 2 is 1.83 bits per heavy atom. The molecule has 3 aromatic rings. The van der Waals surface area contributed by atoms with Crippen molar-refractivity contribution in [3.05, 3.63) is 59.4 Å². The number of carbonyl (C=O) groups is 1. The number of fused-ring (bicyclic) bond motifs is 1. The van der Waals surface area contributed by atoms with E-state index >= 15 is 0 Å². The van der Waals surface area contributed by atoms with Gasteiger partial charge in [0.1, 0.15) is 0 Å². The van der Waals surface area contributed by atoms with Crippen molar-refractivity contribution in [3.8, 4) is 0 Å². The fourth-order valence-corrected chi connectivity index (χ4v) is 4.15. The number of aromatic nitrogens is 2. The molecule has 10 heteroatoms. The van der Waals surface area contributed by atoms with Crippen LogP contribution in [0.15, 0.2) is 47.4 Å². The molecular weight excluding hydrogens is 414 g/mol. The summed E-state index contributed by atoms with van der Waals surface area (Å²) in [5, 5.41) is 2.73. The molecule has 7 nitrogen and oxygen atoms in total. The lowest BCUT2D eigenvalue weighted by Gasteiger charge is -2.21. The average molecular weight is 436 g/mol. The Labute approximate surface area is 173 Å². The van der Waals surface area contributed by atoms with E-state index in [9.17, 15) is 22.0 Å².